The number of rotatable bonds is 7. The predicted octanol–water partition coefficient (Wildman–Crippen LogP) is 3.45. The number of carbonyl (C=O) groups is 2. The molecule has 1 aromatic heterocycles. The molecule has 1 aromatic carbocycles. The van der Waals surface area contributed by atoms with Crippen molar-refractivity contribution in [3.8, 4) is 5.75 Å². The average molecular weight is 382 g/mol. The van der Waals surface area contributed by atoms with Gasteiger partial charge >= 0.3 is 5.97 Å². The van der Waals surface area contributed by atoms with Gasteiger partial charge in [-0.05, 0) is 36.6 Å². The van der Waals surface area contributed by atoms with Crippen LogP contribution in [-0.2, 0) is 22.6 Å². The summed E-state index contributed by atoms with van der Waals surface area (Å²) in [7, 11) is 1.62. The van der Waals surface area contributed by atoms with E-state index in [-0.39, 0.29) is 12.3 Å². The van der Waals surface area contributed by atoms with Crippen LogP contribution in [0.1, 0.15) is 43.2 Å². The fraction of sp³-hybridized carbons (Fsp3) is 0.409. The van der Waals surface area contributed by atoms with Gasteiger partial charge in [0.25, 0.3) is 0 Å². The van der Waals surface area contributed by atoms with E-state index < -0.39 is 11.5 Å². The molecule has 6 nitrogen and oxygen atoms in total. The van der Waals surface area contributed by atoms with Crippen LogP contribution in [-0.4, -0.2) is 39.5 Å². The van der Waals surface area contributed by atoms with Crippen LogP contribution in [0.2, 0.25) is 0 Å². The molecule has 0 saturated heterocycles. The summed E-state index contributed by atoms with van der Waals surface area (Å²) in [4.78, 5) is 30.3. The first kappa shape index (κ1) is 19.9. The number of carbonyl (C=O) groups excluding carboxylic acids is 1. The number of benzene rings is 1. The SMILES string of the molecule is CN(C(=O)Cc1cccc(OCc2cccnc2)c1)C1(C(=O)O)CCCCC1. The number of aromatic nitrogens is 1. The molecule has 0 aliphatic heterocycles. The number of aliphatic carboxylic acids is 1. The minimum Gasteiger partial charge on any atom is -0.489 e. The summed E-state index contributed by atoms with van der Waals surface area (Å²) < 4.78 is 5.79. The van der Waals surface area contributed by atoms with Gasteiger partial charge in [-0.15, -0.1) is 0 Å². The second-order valence-corrected chi connectivity index (χ2v) is 7.32. The Morgan fingerprint density at radius 2 is 1.89 bits per heavy atom. The molecule has 1 N–H and O–H groups in total. The maximum atomic E-state index is 12.8. The van der Waals surface area contributed by atoms with E-state index in [1.807, 2.05) is 36.4 Å². The van der Waals surface area contributed by atoms with Crippen LogP contribution in [0, 0.1) is 0 Å². The third-order valence-corrected chi connectivity index (χ3v) is 5.48. The van der Waals surface area contributed by atoms with E-state index in [1.54, 1.807) is 19.4 Å². The van der Waals surface area contributed by atoms with Crippen LogP contribution in [0.4, 0.5) is 0 Å². The first-order valence-electron chi connectivity index (χ1n) is 9.62. The van der Waals surface area contributed by atoms with E-state index in [2.05, 4.69) is 4.98 Å². The first-order chi connectivity index (χ1) is 13.5. The monoisotopic (exact) mass is 382 g/mol. The smallest absolute Gasteiger partial charge is 0.329 e. The van der Waals surface area contributed by atoms with E-state index in [1.165, 1.54) is 4.90 Å². The maximum Gasteiger partial charge on any atom is 0.329 e. The summed E-state index contributed by atoms with van der Waals surface area (Å²) in [6, 6.07) is 11.2. The molecule has 148 valence electrons. The molecule has 28 heavy (non-hydrogen) atoms. The van der Waals surface area contributed by atoms with Crippen molar-refractivity contribution < 1.29 is 19.4 Å². The largest absolute Gasteiger partial charge is 0.489 e. The molecule has 1 amide bonds. The van der Waals surface area contributed by atoms with Crippen LogP contribution >= 0.6 is 0 Å². The number of amides is 1. The number of hydrogen-bond donors (Lipinski definition) is 1. The Morgan fingerprint density at radius 3 is 2.57 bits per heavy atom. The number of likely N-dealkylation sites (N-methyl/N-ethyl adjacent to an activating group) is 1. The zero-order valence-electron chi connectivity index (χ0n) is 16.1. The number of carboxylic acid groups (broad SMARTS) is 1. The van der Waals surface area contributed by atoms with Gasteiger partial charge in [0, 0.05) is 25.0 Å². The number of carboxylic acids is 1. The molecule has 1 heterocycles. The van der Waals surface area contributed by atoms with E-state index in [0.29, 0.717) is 25.2 Å². The minimum absolute atomic E-state index is 0.148. The van der Waals surface area contributed by atoms with Gasteiger partial charge in [-0.3, -0.25) is 9.78 Å². The van der Waals surface area contributed by atoms with E-state index in [9.17, 15) is 14.7 Å². The van der Waals surface area contributed by atoms with Gasteiger partial charge in [0.15, 0.2) is 0 Å². The molecule has 0 spiro atoms. The predicted molar refractivity (Wildman–Crippen MR) is 105 cm³/mol. The number of hydrogen-bond acceptors (Lipinski definition) is 4. The Hall–Kier alpha value is -2.89. The highest BCUT2D eigenvalue weighted by atomic mass is 16.5. The third kappa shape index (κ3) is 4.50. The molecule has 3 rings (SSSR count). The molecule has 0 bridgehead atoms. The van der Waals surface area contributed by atoms with Crippen LogP contribution < -0.4 is 4.74 Å². The summed E-state index contributed by atoms with van der Waals surface area (Å²) >= 11 is 0. The van der Waals surface area contributed by atoms with Gasteiger partial charge in [0.1, 0.15) is 17.9 Å². The van der Waals surface area contributed by atoms with Crippen molar-refractivity contribution in [2.45, 2.75) is 50.7 Å². The summed E-state index contributed by atoms with van der Waals surface area (Å²) in [5.41, 5.74) is 0.685. The molecule has 0 radical (unpaired) electrons. The Morgan fingerprint density at radius 1 is 1.14 bits per heavy atom. The van der Waals surface area contributed by atoms with Gasteiger partial charge in [-0.2, -0.15) is 0 Å². The summed E-state index contributed by atoms with van der Waals surface area (Å²) in [5.74, 6) is -0.423. The van der Waals surface area contributed by atoms with Crippen molar-refractivity contribution in [2.75, 3.05) is 7.05 Å². The first-order valence-corrected chi connectivity index (χ1v) is 9.62. The van der Waals surface area contributed by atoms with E-state index in [0.717, 1.165) is 30.4 Å². The zero-order chi connectivity index (χ0) is 20.0. The highest BCUT2D eigenvalue weighted by Crippen LogP contribution is 2.33. The van der Waals surface area contributed by atoms with Crippen molar-refractivity contribution in [1.82, 2.24) is 9.88 Å². The average Bonchev–Trinajstić information content (AvgIpc) is 2.73. The van der Waals surface area contributed by atoms with E-state index in [4.69, 9.17) is 4.74 Å². The van der Waals surface area contributed by atoms with Crippen molar-refractivity contribution >= 4 is 11.9 Å². The Bertz CT molecular complexity index is 816. The topological polar surface area (TPSA) is 79.7 Å². The van der Waals surface area contributed by atoms with Crippen molar-refractivity contribution in [3.05, 3.63) is 59.9 Å². The summed E-state index contributed by atoms with van der Waals surface area (Å²) in [6.45, 7) is 0.396. The highest BCUT2D eigenvalue weighted by molar-refractivity contribution is 5.88. The lowest BCUT2D eigenvalue weighted by Gasteiger charge is -2.41. The summed E-state index contributed by atoms with van der Waals surface area (Å²) in [6.07, 6.45) is 7.32. The Labute approximate surface area is 165 Å². The molecule has 1 fully saturated rings. The second kappa shape index (κ2) is 8.87. The molecule has 1 saturated carbocycles. The highest BCUT2D eigenvalue weighted by Gasteiger charge is 2.45. The van der Waals surface area contributed by atoms with Crippen LogP contribution in [0.15, 0.2) is 48.8 Å². The van der Waals surface area contributed by atoms with Crippen LogP contribution in [0.25, 0.3) is 0 Å². The zero-order valence-corrected chi connectivity index (χ0v) is 16.1. The van der Waals surface area contributed by atoms with Gasteiger partial charge in [-0.1, -0.05) is 37.5 Å². The lowest BCUT2D eigenvalue weighted by Crippen LogP contribution is -2.56. The van der Waals surface area contributed by atoms with Gasteiger partial charge in [-0.25, -0.2) is 4.79 Å². The maximum absolute atomic E-state index is 12.8. The summed E-state index contributed by atoms with van der Waals surface area (Å²) in [5, 5.41) is 9.78. The lowest BCUT2D eigenvalue weighted by molar-refractivity contribution is -0.160. The molecule has 1 aliphatic carbocycles. The molecule has 2 aromatic rings. The van der Waals surface area contributed by atoms with Crippen molar-refractivity contribution in [3.63, 3.8) is 0 Å². The fourth-order valence-corrected chi connectivity index (χ4v) is 3.76. The molecule has 0 atom stereocenters. The van der Waals surface area contributed by atoms with E-state index >= 15 is 0 Å². The molecular formula is C22H26N2O4. The van der Waals surface area contributed by atoms with Gasteiger partial charge in [0.2, 0.25) is 5.91 Å². The van der Waals surface area contributed by atoms with Gasteiger partial charge < -0.3 is 14.7 Å². The fourth-order valence-electron chi connectivity index (χ4n) is 3.76. The van der Waals surface area contributed by atoms with Gasteiger partial charge in [0.05, 0.1) is 6.42 Å². The second-order valence-electron chi connectivity index (χ2n) is 7.32. The standard InChI is InChI=1S/C22H26N2O4/c1-24(22(21(26)27)10-3-2-4-11-22)20(25)14-17-7-5-9-19(13-17)28-16-18-8-6-12-23-15-18/h5-9,12-13,15H,2-4,10-11,14,16H2,1H3,(H,26,27). The Kier molecular flexibility index (Phi) is 6.29. The van der Waals surface area contributed by atoms with Crippen LogP contribution in [0.3, 0.4) is 0 Å². The molecule has 6 heteroatoms. The molecule has 1 aliphatic rings. The van der Waals surface area contributed by atoms with Crippen molar-refractivity contribution in [1.29, 1.82) is 0 Å². The normalized spacial score (nSPS) is 15.6. The molecule has 0 unspecified atom stereocenters. The minimum atomic E-state index is -1.08. The number of nitrogens with zero attached hydrogens (tertiary/aromatic N) is 2. The number of ether oxygens (including phenoxy) is 1. The molecular weight excluding hydrogens is 356 g/mol. The quantitative estimate of drug-likeness (QED) is 0.793. The van der Waals surface area contributed by atoms with Crippen molar-refractivity contribution in [2.24, 2.45) is 0 Å². The third-order valence-electron chi connectivity index (χ3n) is 5.48. The van der Waals surface area contributed by atoms with Crippen LogP contribution in [0.5, 0.6) is 5.75 Å². The Balaban J connectivity index is 1.65. The number of pyridine rings is 1. The lowest BCUT2D eigenvalue weighted by atomic mass is 9.80.